The van der Waals surface area contributed by atoms with Gasteiger partial charge >= 0.3 is 151 Å². The SMILES string of the molecule is CC(C)=CCC/C(C)=C/C[Se][Se]C/C=C(\C)CCC=C(C)C. The molecule has 0 nitrogen and oxygen atoms in total. The Morgan fingerprint density at radius 1 is 0.591 bits per heavy atom. The molecule has 0 amide bonds. The van der Waals surface area contributed by atoms with E-state index in [1.165, 1.54) is 47.5 Å². The van der Waals surface area contributed by atoms with Crippen molar-refractivity contribution in [2.75, 3.05) is 0 Å². The second-order valence-corrected chi connectivity index (χ2v) is 13.8. The molecule has 0 aliphatic rings. The van der Waals surface area contributed by atoms with Crippen LogP contribution >= 0.6 is 0 Å². The Morgan fingerprint density at radius 2 is 0.955 bits per heavy atom. The van der Waals surface area contributed by atoms with Crippen LogP contribution in [0, 0.1) is 0 Å². The van der Waals surface area contributed by atoms with Crippen molar-refractivity contribution in [3.8, 4) is 0 Å². The first kappa shape index (κ1) is 22.0. The number of rotatable bonds is 11. The van der Waals surface area contributed by atoms with Gasteiger partial charge in [0.05, 0.1) is 0 Å². The molecule has 0 aromatic heterocycles. The maximum atomic E-state index is 2.48. The van der Waals surface area contributed by atoms with Crippen molar-refractivity contribution >= 4 is 26.3 Å². The first-order valence-electron chi connectivity index (χ1n) is 8.24. The molecule has 2 heteroatoms. The van der Waals surface area contributed by atoms with Crippen molar-refractivity contribution in [2.45, 2.75) is 77.9 Å². The van der Waals surface area contributed by atoms with E-state index in [0.29, 0.717) is 0 Å². The Labute approximate surface area is 150 Å². The van der Waals surface area contributed by atoms with Crippen molar-refractivity contribution in [1.82, 2.24) is 0 Å². The molecule has 0 atom stereocenters. The van der Waals surface area contributed by atoms with E-state index in [4.69, 9.17) is 0 Å². The predicted octanol–water partition coefficient (Wildman–Crippen LogP) is 6.53. The van der Waals surface area contributed by atoms with Crippen molar-refractivity contribution in [2.24, 2.45) is 0 Å². The molecule has 0 aliphatic carbocycles. The number of hydrogen-bond acceptors (Lipinski definition) is 0. The van der Waals surface area contributed by atoms with Crippen molar-refractivity contribution in [1.29, 1.82) is 0 Å². The first-order valence-corrected chi connectivity index (χ1v) is 15.0. The predicted molar refractivity (Wildman–Crippen MR) is 106 cm³/mol. The zero-order chi connectivity index (χ0) is 16.8. The second kappa shape index (κ2) is 14.6. The third kappa shape index (κ3) is 16.4. The van der Waals surface area contributed by atoms with Crippen LogP contribution in [0.25, 0.3) is 0 Å². The van der Waals surface area contributed by atoms with Gasteiger partial charge in [0.25, 0.3) is 0 Å². The average molecular weight is 432 g/mol. The zero-order valence-electron chi connectivity index (χ0n) is 15.4. The van der Waals surface area contributed by atoms with Crippen LogP contribution in [0.2, 0.25) is 10.6 Å². The molecule has 0 spiro atoms. The summed E-state index contributed by atoms with van der Waals surface area (Å²) < 4.78 is 0. The summed E-state index contributed by atoms with van der Waals surface area (Å²) >= 11 is 1.67. The molecule has 0 radical (unpaired) electrons. The van der Waals surface area contributed by atoms with E-state index >= 15 is 0 Å². The molecule has 0 aliphatic heterocycles. The molecular formula is C20H34Se2. The molecule has 0 aromatic rings. The Bertz CT molecular complexity index is 363. The fraction of sp³-hybridized carbons (Fsp3) is 0.600. The Hall–Kier alpha value is -0.00104. The van der Waals surface area contributed by atoms with Gasteiger partial charge in [0.2, 0.25) is 0 Å². The van der Waals surface area contributed by atoms with Gasteiger partial charge in [-0.05, 0) is 0 Å². The quantitative estimate of drug-likeness (QED) is 0.198. The second-order valence-electron chi connectivity index (χ2n) is 6.31. The molecule has 0 heterocycles. The Kier molecular flexibility index (Phi) is 14.6. The van der Waals surface area contributed by atoms with Gasteiger partial charge in [-0.2, -0.15) is 0 Å². The molecule has 126 valence electrons. The standard InChI is InChI=1S/C20H34Se2/c1-17(2)9-7-11-19(5)13-15-21-22-16-14-20(6)12-8-10-18(3)4/h9-10,13-14H,7-8,11-12,15-16H2,1-6H3/b19-13+,20-14+. The Morgan fingerprint density at radius 3 is 1.27 bits per heavy atom. The summed E-state index contributed by atoms with van der Waals surface area (Å²) in [7, 11) is 0. The van der Waals surface area contributed by atoms with Crippen molar-refractivity contribution in [3.63, 3.8) is 0 Å². The minimum atomic E-state index is 0.835. The third-order valence-electron chi connectivity index (χ3n) is 3.27. The summed E-state index contributed by atoms with van der Waals surface area (Å²) in [6.45, 7) is 13.3. The topological polar surface area (TPSA) is 0 Å². The Balaban J connectivity index is 3.71. The van der Waals surface area contributed by atoms with Crippen LogP contribution in [0.3, 0.4) is 0 Å². The number of allylic oxidation sites excluding steroid dienone is 8. The molecule has 0 N–H and O–H groups in total. The zero-order valence-corrected chi connectivity index (χ0v) is 18.8. The van der Waals surface area contributed by atoms with Crippen LogP contribution in [0.1, 0.15) is 67.2 Å². The van der Waals surface area contributed by atoms with Gasteiger partial charge in [0, 0.05) is 0 Å². The summed E-state index contributed by atoms with van der Waals surface area (Å²) in [6, 6.07) is 0. The van der Waals surface area contributed by atoms with Crippen LogP contribution < -0.4 is 0 Å². The summed E-state index contributed by atoms with van der Waals surface area (Å²) in [6.07, 6.45) is 14.5. The van der Waals surface area contributed by atoms with E-state index in [9.17, 15) is 0 Å². The van der Waals surface area contributed by atoms with Gasteiger partial charge in [0.1, 0.15) is 0 Å². The number of hydrogen-bond donors (Lipinski definition) is 0. The molecular weight excluding hydrogens is 398 g/mol. The molecule has 0 unspecified atom stereocenters. The van der Waals surface area contributed by atoms with Crippen LogP contribution in [-0.2, 0) is 0 Å². The van der Waals surface area contributed by atoms with Crippen LogP contribution in [0.4, 0.5) is 0 Å². The monoisotopic (exact) mass is 434 g/mol. The maximum absolute atomic E-state index is 2.48. The van der Waals surface area contributed by atoms with Crippen LogP contribution in [0.5, 0.6) is 0 Å². The first-order chi connectivity index (χ1) is 10.4. The van der Waals surface area contributed by atoms with Gasteiger partial charge in [-0.25, -0.2) is 0 Å². The van der Waals surface area contributed by atoms with E-state index in [0.717, 1.165) is 26.3 Å². The van der Waals surface area contributed by atoms with E-state index < -0.39 is 0 Å². The fourth-order valence-electron chi connectivity index (χ4n) is 1.83. The summed E-state index contributed by atoms with van der Waals surface area (Å²) in [5.41, 5.74) is 6.02. The van der Waals surface area contributed by atoms with Gasteiger partial charge in [-0.15, -0.1) is 0 Å². The molecule has 0 aromatic carbocycles. The van der Waals surface area contributed by atoms with Gasteiger partial charge in [-0.3, -0.25) is 0 Å². The average Bonchev–Trinajstić information content (AvgIpc) is 2.41. The molecule has 0 rings (SSSR count). The summed E-state index contributed by atoms with van der Waals surface area (Å²) in [4.78, 5) is 0. The molecule has 22 heavy (non-hydrogen) atoms. The molecule has 0 fully saturated rings. The van der Waals surface area contributed by atoms with Gasteiger partial charge in [-0.1, -0.05) is 0 Å². The molecule has 0 bridgehead atoms. The van der Waals surface area contributed by atoms with Crippen LogP contribution in [0.15, 0.2) is 46.6 Å². The summed E-state index contributed by atoms with van der Waals surface area (Å²) in [5.74, 6) is 0. The molecule has 0 saturated heterocycles. The van der Waals surface area contributed by atoms with E-state index in [1.807, 2.05) is 0 Å². The fourth-order valence-corrected chi connectivity index (χ4v) is 7.29. The molecule has 0 saturated carbocycles. The minimum absolute atomic E-state index is 0.835. The third-order valence-corrected chi connectivity index (χ3v) is 9.67. The normalized spacial score (nSPS) is 12.3. The van der Waals surface area contributed by atoms with Gasteiger partial charge in [0.15, 0.2) is 0 Å². The van der Waals surface area contributed by atoms with E-state index in [-0.39, 0.29) is 0 Å². The summed E-state index contributed by atoms with van der Waals surface area (Å²) in [5, 5.41) is 2.66. The van der Waals surface area contributed by atoms with Gasteiger partial charge < -0.3 is 0 Å². The van der Waals surface area contributed by atoms with Crippen molar-refractivity contribution < 1.29 is 0 Å². The van der Waals surface area contributed by atoms with Crippen LogP contribution in [-0.4, -0.2) is 26.3 Å². The van der Waals surface area contributed by atoms with E-state index in [1.54, 1.807) is 11.1 Å². The van der Waals surface area contributed by atoms with Crippen molar-refractivity contribution in [3.05, 3.63) is 46.6 Å². The van der Waals surface area contributed by atoms with E-state index in [2.05, 4.69) is 65.8 Å².